The van der Waals surface area contributed by atoms with Gasteiger partial charge in [0.1, 0.15) is 12.1 Å². The summed E-state index contributed by atoms with van der Waals surface area (Å²) < 4.78 is 0. The first-order chi connectivity index (χ1) is 31.1. The molecule has 0 saturated heterocycles. The lowest BCUT2D eigenvalue weighted by atomic mass is 9.79. The molecule has 0 spiro atoms. The molecule has 0 unspecified atom stereocenters. The molecule has 296 valence electrons. The third-order valence-corrected chi connectivity index (χ3v) is 14.9. The molecule has 2 aliphatic carbocycles. The van der Waals surface area contributed by atoms with Gasteiger partial charge in [0.15, 0.2) is 0 Å². The molecule has 64 heavy (non-hydrogen) atoms. The van der Waals surface area contributed by atoms with Gasteiger partial charge in [0.25, 0.3) is 0 Å². The van der Waals surface area contributed by atoms with E-state index in [4.69, 9.17) is 0 Å². The summed E-state index contributed by atoms with van der Waals surface area (Å²) in [4.78, 5) is 0. The Balaban J connectivity index is 1.34. The quantitative estimate of drug-likeness (QED) is 0.162. The van der Waals surface area contributed by atoms with Crippen molar-refractivity contribution in [1.29, 1.82) is 21.0 Å². The number of nitriles is 4. The van der Waals surface area contributed by atoms with Crippen LogP contribution in [-0.4, -0.2) is 0 Å². The average Bonchev–Trinajstić information content (AvgIpc) is 3.80. The fraction of sp³-hybridized carbons (Fsp3) is 0.100. The summed E-state index contributed by atoms with van der Waals surface area (Å²) in [6, 6.07) is 49.9. The Kier molecular flexibility index (Phi) is 7.56. The van der Waals surface area contributed by atoms with Crippen molar-refractivity contribution >= 4 is 53.9 Å². The van der Waals surface area contributed by atoms with Crippen LogP contribution in [0.4, 0.5) is 0 Å². The third-order valence-electron chi connectivity index (χ3n) is 14.9. The minimum Gasteiger partial charge on any atom is -0.192 e. The van der Waals surface area contributed by atoms with Crippen molar-refractivity contribution in [2.75, 3.05) is 0 Å². The van der Waals surface area contributed by atoms with Crippen LogP contribution in [0.1, 0.15) is 55.6 Å². The van der Waals surface area contributed by atoms with Gasteiger partial charge in [-0.3, -0.25) is 0 Å². The molecule has 0 aliphatic heterocycles. The van der Waals surface area contributed by atoms with Crippen LogP contribution in [0.2, 0.25) is 0 Å². The Labute approximate surface area is 370 Å². The largest absolute Gasteiger partial charge is 0.192 e. The molecule has 0 fully saturated rings. The van der Waals surface area contributed by atoms with Gasteiger partial charge in [-0.25, -0.2) is 0 Å². The number of hydrogen-bond donors (Lipinski definition) is 0. The summed E-state index contributed by atoms with van der Waals surface area (Å²) in [5, 5.41) is 54.0. The van der Waals surface area contributed by atoms with E-state index in [1.165, 1.54) is 43.8 Å². The molecular formula is C60H36N4. The van der Waals surface area contributed by atoms with E-state index in [1.807, 2.05) is 41.5 Å². The highest BCUT2D eigenvalue weighted by Crippen LogP contribution is 2.55. The van der Waals surface area contributed by atoms with Crippen molar-refractivity contribution < 1.29 is 0 Å². The summed E-state index contributed by atoms with van der Waals surface area (Å²) in [5.74, 6) is 0. The smallest absolute Gasteiger partial charge is 0.100 e. The van der Waals surface area contributed by atoms with Gasteiger partial charge in [0, 0.05) is 11.1 Å². The Morgan fingerprint density at radius 2 is 0.547 bits per heavy atom. The summed E-state index contributed by atoms with van der Waals surface area (Å²) in [7, 11) is 0. The zero-order valence-electron chi connectivity index (χ0n) is 36.2. The number of hydrogen-bond acceptors (Lipinski definition) is 4. The highest BCUT2D eigenvalue weighted by atomic mass is 14.4. The van der Waals surface area contributed by atoms with Crippen molar-refractivity contribution in [3.05, 3.63) is 165 Å². The second kappa shape index (κ2) is 13.0. The SMILES string of the molecule is Cc1c(C)c(C#N)c(-c2cc3c4cc5c(cc4c(-c4c(C)c(C#N)c(C)c(C)c4C#N)cc3c3cc4c(cc23)-c2cccc3cccc-4c23)-c2cccc3cccc-5c23)c(C)c1C#N. The second-order valence-corrected chi connectivity index (χ2v) is 17.7. The topological polar surface area (TPSA) is 95.2 Å². The van der Waals surface area contributed by atoms with Gasteiger partial charge in [0.2, 0.25) is 0 Å². The van der Waals surface area contributed by atoms with Crippen molar-refractivity contribution in [2.45, 2.75) is 41.5 Å². The number of benzene rings is 10. The zero-order chi connectivity index (χ0) is 44.0. The van der Waals surface area contributed by atoms with Crippen LogP contribution >= 0.6 is 0 Å². The summed E-state index contributed by atoms with van der Waals surface area (Å²) in [6.07, 6.45) is 0. The monoisotopic (exact) mass is 812 g/mol. The van der Waals surface area contributed by atoms with Crippen molar-refractivity contribution in [2.24, 2.45) is 0 Å². The second-order valence-electron chi connectivity index (χ2n) is 17.7. The molecule has 0 radical (unpaired) electrons. The standard InChI is InChI=1S/C60H36N4/c1-29-31(3)55(27-63)57(33(5)53(29)25-61)51-23-47-46-20-42-38-16-8-12-36-14-10-18-40(60(36)38)44(42)22-50(46)52(58-34(6)54(26-62)30(2)32(4)56(58)28-64)24-48(47)45-19-41-37-15-7-11-35-13-9-17-39(59(35)37)43(41)21-49(45)51/h7-24H,1-6H3. The molecule has 4 nitrogen and oxygen atoms in total. The lowest BCUT2D eigenvalue weighted by Gasteiger charge is -2.23. The van der Waals surface area contributed by atoms with E-state index < -0.39 is 0 Å². The van der Waals surface area contributed by atoms with Crippen LogP contribution in [0.3, 0.4) is 0 Å². The van der Waals surface area contributed by atoms with Crippen LogP contribution in [0.5, 0.6) is 0 Å². The van der Waals surface area contributed by atoms with Crippen LogP contribution in [0, 0.1) is 86.9 Å². The van der Waals surface area contributed by atoms with E-state index in [2.05, 4.69) is 133 Å². The van der Waals surface area contributed by atoms with Crippen LogP contribution in [-0.2, 0) is 0 Å². The maximum absolute atomic E-state index is 11.0. The average molecular weight is 813 g/mol. The molecule has 0 saturated carbocycles. The third kappa shape index (κ3) is 4.57. The minimum atomic E-state index is 0.568. The molecule has 10 aromatic carbocycles. The number of nitrogens with zero attached hydrogens (tertiary/aromatic N) is 4. The molecule has 0 N–H and O–H groups in total. The molecule has 10 aromatic rings. The number of fused-ring (bicyclic) bond motifs is 11. The molecule has 0 aromatic heterocycles. The van der Waals surface area contributed by atoms with Gasteiger partial charge in [-0.1, -0.05) is 72.8 Å². The van der Waals surface area contributed by atoms with E-state index in [0.29, 0.717) is 22.3 Å². The van der Waals surface area contributed by atoms with E-state index in [0.717, 1.165) is 110 Å². The molecule has 0 bridgehead atoms. The lowest BCUT2D eigenvalue weighted by Crippen LogP contribution is -2.03. The van der Waals surface area contributed by atoms with Crippen molar-refractivity contribution in [1.82, 2.24) is 0 Å². The Bertz CT molecular complexity index is 3840. The molecule has 0 amide bonds. The first-order valence-electron chi connectivity index (χ1n) is 21.6. The normalized spacial score (nSPS) is 11.8. The minimum absolute atomic E-state index is 0.568. The molecule has 12 rings (SSSR count). The highest BCUT2D eigenvalue weighted by Gasteiger charge is 2.30. The van der Waals surface area contributed by atoms with E-state index >= 15 is 0 Å². The molecule has 2 aliphatic rings. The Morgan fingerprint density at radius 3 is 0.859 bits per heavy atom. The Morgan fingerprint density at radius 1 is 0.281 bits per heavy atom. The first kappa shape index (κ1) is 37.2. The molecule has 4 heteroatoms. The maximum atomic E-state index is 11.0. The summed E-state index contributed by atoms with van der Waals surface area (Å²) >= 11 is 0. The molecule has 0 atom stereocenters. The maximum Gasteiger partial charge on any atom is 0.100 e. The lowest BCUT2D eigenvalue weighted by molar-refractivity contribution is 1.24. The van der Waals surface area contributed by atoms with Gasteiger partial charge in [-0.2, -0.15) is 21.0 Å². The first-order valence-corrected chi connectivity index (χ1v) is 21.6. The Hall–Kier alpha value is -8.54. The van der Waals surface area contributed by atoms with E-state index in [1.54, 1.807) is 0 Å². The van der Waals surface area contributed by atoms with Gasteiger partial charge < -0.3 is 0 Å². The van der Waals surface area contributed by atoms with E-state index in [-0.39, 0.29) is 0 Å². The number of rotatable bonds is 2. The van der Waals surface area contributed by atoms with Crippen molar-refractivity contribution in [3.63, 3.8) is 0 Å². The predicted octanol–water partition coefficient (Wildman–Crippen LogP) is 15.4. The predicted molar refractivity (Wildman–Crippen MR) is 261 cm³/mol. The zero-order valence-corrected chi connectivity index (χ0v) is 36.2. The van der Waals surface area contributed by atoms with Crippen LogP contribution in [0.25, 0.3) is 121 Å². The fourth-order valence-electron chi connectivity index (χ4n) is 11.6. The molecular weight excluding hydrogens is 777 g/mol. The fourth-order valence-corrected chi connectivity index (χ4v) is 11.6. The van der Waals surface area contributed by atoms with Gasteiger partial charge in [-0.15, -0.1) is 0 Å². The van der Waals surface area contributed by atoms with Crippen LogP contribution in [0.15, 0.2) is 109 Å². The summed E-state index contributed by atoms with van der Waals surface area (Å²) in [5.41, 5.74) is 19.7. The highest BCUT2D eigenvalue weighted by molar-refractivity contribution is 6.29. The van der Waals surface area contributed by atoms with Crippen molar-refractivity contribution in [3.8, 4) is 91.0 Å². The molecule has 0 heterocycles. The van der Waals surface area contributed by atoms with Crippen LogP contribution < -0.4 is 0 Å². The van der Waals surface area contributed by atoms with Gasteiger partial charge in [-0.05, 0) is 221 Å². The van der Waals surface area contributed by atoms with Gasteiger partial charge >= 0.3 is 0 Å². The van der Waals surface area contributed by atoms with Gasteiger partial charge in [0.05, 0.1) is 34.4 Å². The summed E-state index contributed by atoms with van der Waals surface area (Å²) in [6.45, 7) is 11.7. The van der Waals surface area contributed by atoms with E-state index in [9.17, 15) is 21.0 Å².